The van der Waals surface area contributed by atoms with Crippen molar-refractivity contribution in [3.8, 4) is 0 Å². The summed E-state index contributed by atoms with van der Waals surface area (Å²) in [7, 11) is 0. The Kier molecular flexibility index (Phi) is 3.79. The van der Waals surface area contributed by atoms with Crippen LogP contribution in [-0.2, 0) is 13.0 Å². The number of hydrogen-bond donors (Lipinski definition) is 0. The van der Waals surface area contributed by atoms with E-state index in [4.69, 9.17) is 11.6 Å². The van der Waals surface area contributed by atoms with Crippen molar-refractivity contribution < 1.29 is 0 Å². The number of fused-ring (bicyclic) bond motifs is 1. The van der Waals surface area contributed by atoms with Gasteiger partial charge in [-0.15, -0.1) is 11.6 Å². The number of hydrogen-bond acceptors (Lipinski definition) is 2. The summed E-state index contributed by atoms with van der Waals surface area (Å²) in [5.74, 6) is 1.26. The maximum Gasteiger partial charge on any atom is 0.261 e. The van der Waals surface area contributed by atoms with Crippen LogP contribution in [0.2, 0.25) is 0 Å². The molecule has 0 aliphatic rings. The smallest absolute Gasteiger partial charge is 0.261 e. The van der Waals surface area contributed by atoms with Crippen LogP contribution in [0.1, 0.15) is 19.2 Å². The fourth-order valence-electron chi connectivity index (χ4n) is 1.94. The van der Waals surface area contributed by atoms with Gasteiger partial charge in [-0.1, -0.05) is 19.1 Å². The van der Waals surface area contributed by atoms with Crippen LogP contribution in [0.15, 0.2) is 29.1 Å². The van der Waals surface area contributed by atoms with E-state index in [1.54, 1.807) is 4.57 Å². The van der Waals surface area contributed by atoms with Crippen molar-refractivity contribution in [1.82, 2.24) is 9.55 Å². The fourth-order valence-corrected chi connectivity index (χ4v) is 2.11. The molecule has 0 fully saturated rings. The number of rotatable bonds is 4. The Balaban J connectivity index is 2.69. The number of benzene rings is 1. The molecule has 4 heteroatoms. The summed E-state index contributed by atoms with van der Waals surface area (Å²) < 4.78 is 1.69. The van der Waals surface area contributed by atoms with E-state index >= 15 is 0 Å². The highest BCUT2D eigenvalue weighted by molar-refractivity contribution is 6.17. The van der Waals surface area contributed by atoms with Crippen LogP contribution in [0.4, 0.5) is 0 Å². The SMILES string of the molecule is CCCc1nc2ccccc2c(=O)n1CCCl. The quantitative estimate of drug-likeness (QED) is 0.782. The molecule has 0 atom stereocenters. The monoisotopic (exact) mass is 250 g/mol. The van der Waals surface area contributed by atoms with Crippen LogP contribution in [0.25, 0.3) is 10.9 Å². The van der Waals surface area contributed by atoms with E-state index in [0.717, 1.165) is 24.2 Å². The van der Waals surface area contributed by atoms with Gasteiger partial charge in [-0.2, -0.15) is 0 Å². The molecule has 0 saturated carbocycles. The second-order valence-corrected chi connectivity index (χ2v) is 4.32. The molecule has 0 aliphatic heterocycles. The summed E-state index contributed by atoms with van der Waals surface area (Å²) in [6, 6.07) is 7.44. The second kappa shape index (κ2) is 5.32. The lowest BCUT2D eigenvalue weighted by Crippen LogP contribution is -2.26. The van der Waals surface area contributed by atoms with Gasteiger partial charge in [0.15, 0.2) is 0 Å². The third kappa shape index (κ3) is 2.34. The van der Waals surface area contributed by atoms with E-state index in [1.807, 2.05) is 24.3 Å². The summed E-state index contributed by atoms with van der Waals surface area (Å²) in [6.07, 6.45) is 1.77. The lowest BCUT2D eigenvalue weighted by atomic mass is 10.2. The number of para-hydroxylation sites is 1. The molecule has 0 amide bonds. The van der Waals surface area contributed by atoms with Crippen LogP contribution in [-0.4, -0.2) is 15.4 Å². The van der Waals surface area contributed by atoms with E-state index in [9.17, 15) is 4.79 Å². The van der Waals surface area contributed by atoms with Gasteiger partial charge in [-0.3, -0.25) is 9.36 Å². The lowest BCUT2D eigenvalue weighted by molar-refractivity contribution is 0.648. The average molecular weight is 251 g/mol. The highest BCUT2D eigenvalue weighted by Gasteiger charge is 2.09. The van der Waals surface area contributed by atoms with Crippen molar-refractivity contribution in [3.05, 3.63) is 40.4 Å². The van der Waals surface area contributed by atoms with Crippen LogP contribution < -0.4 is 5.56 Å². The first-order valence-electron chi connectivity index (χ1n) is 5.82. The average Bonchev–Trinajstić information content (AvgIpc) is 2.34. The first-order valence-corrected chi connectivity index (χ1v) is 6.35. The molecular weight excluding hydrogens is 236 g/mol. The van der Waals surface area contributed by atoms with Crippen molar-refractivity contribution in [2.75, 3.05) is 5.88 Å². The Morgan fingerprint density at radius 1 is 1.35 bits per heavy atom. The molecule has 0 spiro atoms. The molecule has 0 N–H and O–H groups in total. The maximum atomic E-state index is 12.3. The highest BCUT2D eigenvalue weighted by Crippen LogP contribution is 2.09. The van der Waals surface area contributed by atoms with Gasteiger partial charge in [0.05, 0.1) is 10.9 Å². The second-order valence-electron chi connectivity index (χ2n) is 3.94. The Labute approximate surface area is 105 Å². The normalized spacial score (nSPS) is 10.9. The molecule has 0 aliphatic carbocycles. The molecule has 1 heterocycles. The molecular formula is C13H15ClN2O. The summed E-state index contributed by atoms with van der Waals surface area (Å²) >= 11 is 5.74. The minimum absolute atomic E-state index is 0.0136. The van der Waals surface area contributed by atoms with E-state index in [1.165, 1.54) is 0 Å². The first-order chi connectivity index (χ1) is 8.27. The van der Waals surface area contributed by atoms with E-state index in [2.05, 4.69) is 11.9 Å². The Morgan fingerprint density at radius 2 is 2.12 bits per heavy atom. The zero-order valence-corrected chi connectivity index (χ0v) is 10.6. The molecule has 2 aromatic rings. The molecule has 0 unspecified atom stereocenters. The van der Waals surface area contributed by atoms with Gasteiger partial charge < -0.3 is 0 Å². The maximum absolute atomic E-state index is 12.3. The molecule has 0 bridgehead atoms. The topological polar surface area (TPSA) is 34.9 Å². The summed E-state index contributed by atoms with van der Waals surface area (Å²) in [6.45, 7) is 2.60. The fraction of sp³-hybridized carbons (Fsp3) is 0.385. The molecule has 0 radical (unpaired) electrons. The number of nitrogens with zero attached hydrogens (tertiary/aromatic N) is 2. The number of aryl methyl sites for hydroxylation is 1. The predicted octanol–water partition coefficient (Wildman–Crippen LogP) is 2.59. The molecule has 17 heavy (non-hydrogen) atoms. The van der Waals surface area contributed by atoms with Gasteiger partial charge in [-0.05, 0) is 18.6 Å². The molecule has 2 rings (SSSR count). The standard InChI is InChI=1S/C13H15ClN2O/c1-2-5-12-15-11-7-4-3-6-10(11)13(17)16(12)9-8-14/h3-4,6-7H,2,5,8-9H2,1H3. The zero-order chi connectivity index (χ0) is 12.3. The Morgan fingerprint density at radius 3 is 2.82 bits per heavy atom. The zero-order valence-electron chi connectivity index (χ0n) is 9.82. The third-order valence-corrected chi connectivity index (χ3v) is 2.89. The first kappa shape index (κ1) is 12.1. The molecule has 90 valence electrons. The van der Waals surface area contributed by atoms with E-state index in [0.29, 0.717) is 17.8 Å². The van der Waals surface area contributed by atoms with Crippen molar-refractivity contribution in [1.29, 1.82) is 0 Å². The molecule has 3 nitrogen and oxygen atoms in total. The summed E-state index contributed by atoms with van der Waals surface area (Å²) in [4.78, 5) is 16.8. The van der Waals surface area contributed by atoms with E-state index < -0.39 is 0 Å². The molecule has 1 aromatic carbocycles. The van der Waals surface area contributed by atoms with Crippen molar-refractivity contribution in [2.24, 2.45) is 0 Å². The van der Waals surface area contributed by atoms with Crippen LogP contribution in [0, 0.1) is 0 Å². The van der Waals surface area contributed by atoms with Crippen LogP contribution >= 0.6 is 11.6 Å². The molecule has 1 aromatic heterocycles. The summed E-state index contributed by atoms with van der Waals surface area (Å²) in [5.41, 5.74) is 0.784. The number of aromatic nitrogens is 2. The highest BCUT2D eigenvalue weighted by atomic mass is 35.5. The van der Waals surface area contributed by atoms with Gasteiger partial charge in [0.2, 0.25) is 0 Å². The van der Waals surface area contributed by atoms with Gasteiger partial charge in [-0.25, -0.2) is 4.98 Å². The predicted molar refractivity (Wildman–Crippen MR) is 70.7 cm³/mol. The van der Waals surface area contributed by atoms with Gasteiger partial charge in [0.1, 0.15) is 5.82 Å². The van der Waals surface area contributed by atoms with Crippen LogP contribution in [0.3, 0.4) is 0 Å². The van der Waals surface area contributed by atoms with E-state index in [-0.39, 0.29) is 5.56 Å². The largest absolute Gasteiger partial charge is 0.295 e. The van der Waals surface area contributed by atoms with Gasteiger partial charge >= 0.3 is 0 Å². The Hall–Kier alpha value is -1.35. The molecule has 0 saturated heterocycles. The number of halogens is 1. The van der Waals surface area contributed by atoms with Gasteiger partial charge in [0, 0.05) is 18.8 Å². The van der Waals surface area contributed by atoms with Crippen molar-refractivity contribution in [2.45, 2.75) is 26.3 Å². The van der Waals surface area contributed by atoms with Crippen molar-refractivity contribution in [3.63, 3.8) is 0 Å². The number of alkyl halides is 1. The van der Waals surface area contributed by atoms with Gasteiger partial charge in [0.25, 0.3) is 5.56 Å². The van der Waals surface area contributed by atoms with Crippen molar-refractivity contribution >= 4 is 22.5 Å². The minimum atomic E-state index is 0.0136. The Bertz CT molecular complexity index is 577. The third-order valence-electron chi connectivity index (χ3n) is 2.72. The van der Waals surface area contributed by atoms with Crippen LogP contribution in [0.5, 0.6) is 0 Å². The minimum Gasteiger partial charge on any atom is -0.295 e. The summed E-state index contributed by atoms with van der Waals surface area (Å²) in [5, 5.41) is 0.664. The lowest BCUT2D eigenvalue weighted by Gasteiger charge is -2.11.